The molecule has 1 aromatic carbocycles. The van der Waals surface area contributed by atoms with Crippen LogP contribution in [0.1, 0.15) is 39.2 Å². The molecule has 1 aromatic rings. The summed E-state index contributed by atoms with van der Waals surface area (Å²) < 4.78 is 0. The van der Waals surface area contributed by atoms with E-state index in [0.29, 0.717) is 0 Å². The van der Waals surface area contributed by atoms with E-state index >= 15 is 0 Å². The lowest BCUT2D eigenvalue weighted by molar-refractivity contribution is -0.122. The van der Waals surface area contributed by atoms with Crippen molar-refractivity contribution in [2.45, 2.75) is 46.1 Å². The molecule has 0 radical (unpaired) electrons. The number of unbranched alkanes of at least 4 members (excludes halogenated alkanes) is 1. The maximum atomic E-state index is 12.2. The van der Waals surface area contributed by atoms with Crippen LogP contribution < -0.4 is 10.6 Å². The normalized spacial score (nSPS) is 13.9. The van der Waals surface area contributed by atoms with Crippen LogP contribution in [0.15, 0.2) is 24.3 Å². The lowest BCUT2D eigenvalue weighted by atomic mass is 10.0. The smallest absolute Gasteiger partial charge is 0.231 e. The molecule has 0 bridgehead atoms. The molecule has 0 aliphatic carbocycles. The fraction of sp³-hybridized carbons (Fsp3) is 0.562. The average molecular weight is 262 g/mol. The van der Waals surface area contributed by atoms with Gasteiger partial charge < -0.3 is 10.6 Å². The summed E-state index contributed by atoms with van der Waals surface area (Å²) in [5.41, 5.74) is 8.04. The zero-order chi connectivity index (χ0) is 14.4. The van der Waals surface area contributed by atoms with Gasteiger partial charge in [-0.1, -0.05) is 32.4 Å². The Morgan fingerprint density at radius 1 is 1.26 bits per heavy atom. The molecule has 2 unspecified atom stereocenters. The molecule has 3 nitrogen and oxygen atoms in total. The van der Waals surface area contributed by atoms with Gasteiger partial charge in [0.25, 0.3) is 0 Å². The lowest BCUT2D eigenvalue weighted by Crippen LogP contribution is -2.39. The summed E-state index contributed by atoms with van der Waals surface area (Å²) in [7, 11) is 1.81. The summed E-state index contributed by atoms with van der Waals surface area (Å²) in [6.07, 6.45) is 3.51. The van der Waals surface area contributed by atoms with Gasteiger partial charge in [-0.2, -0.15) is 0 Å². The van der Waals surface area contributed by atoms with Crippen molar-refractivity contribution in [1.82, 2.24) is 0 Å². The van der Waals surface area contributed by atoms with E-state index in [-0.39, 0.29) is 17.9 Å². The van der Waals surface area contributed by atoms with Crippen molar-refractivity contribution in [3.63, 3.8) is 0 Å². The standard InChI is InChI=1S/C16H26N2O/c1-5-6-7-14-8-10-15(11-9-14)18(4)16(19)12(2)13(3)17/h8-13H,5-7,17H2,1-4H3. The lowest BCUT2D eigenvalue weighted by Gasteiger charge is -2.23. The Morgan fingerprint density at radius 3 is 2.32 bits per heavy atom. The minimum absolute atomic E-state index is 0.0660. The van der Waals surface area contributed by atoms with Crippen LogP contribution in [0.25, 0.3) is 0 Å². The number of nitrogens with zero attached hydrogens (tertiary/aromatic N) is 1. The van der Waals surface area contributed by atoms with Crippen LogP contribution in [0.4, 0.5) is 5.69 Å². The first-order chi connectivity index (χ1) is 8.97. The van der Waals surface area contributed by atoms with Crippen molar-refractivity contribution >= 4 is 11.6 Å². The van der Waals surface area contributed by atoms with Crippen LogP contribution >= 0.6 is 0 Å². The fourth-order valence-electron chi connectivity index (χ4n) is 1.92. The Morgan fingerprint density at radius 2 is 1.84 bits per heavy atom. The predicted molar refractivity (Wildman–Crippen MR) is 81.3 cm³/mol. The molecule has 0 aromatic heterocycles. The van der Waals surface area contributed by atoms with Gasteiger partial charge in [-0.25, -0.2) is 0 Å². The number of rotatable bonds is 6. The van der Waals surface area contributed by atoms with Gasteiger partial charge in [-0.15, -0.1) is 0 Å². The van der Waals surface area contributed by atoms with Crippen LogP contribution in [-0.4, -0.2) is 19.0 Å². The number of carbonyl (C=O) groups is 1. The number of nitrogens with two attached hydrogens (primary N) is 1. The van der Waals surface area contributed by atoms with Crippen molar-refractivity contribution in [3.8, 4) is 0 Å². The molecule has 0 spiro atoms. The van der Waals surface area contributed by atoms with E-state index in [2.05, 4.69) is 19.1 Å². The van der Waals surface area contributed by atoms with E-state index in [1.807, 2.05) is 33.0 Å². The molecule has 0 heterocycles. The summed E-state index contributed by atoms with van der Waals surface area (Å²) in [4.78, 5) is 13.9. The molecule has 0 saturated heterocycles. The van der Waals surface area contributed by atoms with E-state index in [0.717, 1.165) is 12.1 Å². The Balaban J connectivity index is 2.72. The Bertz CT molecular complexity index is 398. The molecular formula is C16H26N2O. The summed E-state index contributed by atoms with van der Waals surface area (Å²) in [6, 6.07) is 8.10. The van der Waals surface area contributed by atoms with Gasteiger partial charge in [0.05, 0.1) is 5.92 Å². The Labute approximate surface area is 116 Å². The van der Waals surface area contributed by atoms with Crippen molar-refractivity contribution in [1.29, 1.82) is 0 Å². The minimum atomic E-state index is -0.162. The van der Waals surface area contributed by atoms with Crippen molar-refractivity contribution in [3.05, 3.63) is 29.8 Å². The number of benzene rings is 1. The highest BCUT2D eigenvalue weighted by Crippen LogP contribution is 2.18. The van der Waals surface area contributed by atoms with Crippen LogP contribution in [-0.2, 0) is 11.2 Å². The molecule has 1 rings (SSSR count). The maximum absolute atomic E-state index is 12.2. The molecule has 2 N–H and O–H groups in total. The number of aryl methyl sites for hydroxylation is 1. The summed E-state index contributed by atoms with van der Waals surface area (Å²) in [5.74, 6) is -0.0962. The predicted octanol–water partition coefficient (Wildman–Crippen LogP) is 2.98. The first kappa shape index (κ1) is 15.7. The van der Waals surface area contributed by atoms with Crippen molar-refractivity contribution in [2.75, 3.05) is 11.9 Å². The number of anilines is 1. The highest BCUT2D eigenvalue weighted by Gasteiger charge is 2.21. The molecule has 106 valence electrons. The topological polar surface area (TPSA) is 46.3 Å². The second-order valence-corrected chi connectivity index (χ2v) is 5.32. The monoisotopic (exact) mass is 262 g/mol. The minimum Gasteiger partial charge on any atom is -0.327 e. The number of hydrogen-bond donors (Lipinski definition) is 1. The molecule has 0 aliphatic heterocycles. The van der Waals surface area contributed by atoms with Gasteiger partial charge in [0.1, 0.15) is 0 Å². The summed E-state index contributed by atoms with van der Waals surface area (Å²) >= 11 is 0. The van der Waals surface area contributed by atoms with E-state index in [4.69, 9.17) is 5.73 Å². The van der Waals surface area contributed by atoms with Gasteiger partial charge in [-0.05, 0) is 37.5 Å². The average Bonchev–Trinajstić information content (AvgIpc) is 2.43. The summed E-state index contributed by atoms with van der Waals surface area (Å²) in [5, 5.41) is 0. The van der Waals surface area contributed by atoms with Gasteiger partial charge in [0.15, 0.2) is 0 Å². The van der Waals surface area contributed by atoms with Gasteiger partial charge in [-0.3, -0.25) is 4.79 Å². The molecule has 19 heavy (non-hydrogen) atoms. The Kier molecular flexibility index (Phi) is 6.03. The molecule has 0 fully saturated rings. The number of amides is 1. The van der Waals surface area contributed by atoms with Crippen molar-refractivity contribution in [2.24, 2.45) is 11.7 Å². The van der Waals surface area contributed by atoms with Crippen molar-refractivity contribution < 1.29 is 4.79 Å². The van der Waals surface area contributed by atoms with E-state index in [1.165, 1.54) is 18.4 Å². The Hall–Kier alpha value is -1.35. The molecular weight excluding hydrogens is 236 g/mol. The van der Waals surface area contributed by atoms with E-state index in [9.17, 15) is 4.79 Å². The van der Waals surface area contributed by atoms with Gasteiger partial charge in [0, 0.05) is 18.8 Å². The largest absolute Gasteiger partial charge is 0.327 e. The third-order valence-electron chi connectivity index (χ3n) is 3.65. The highest BCUT2D eigenvalue weighted by atomic mass is 16.2. The number of hydrogen-bond acceptors (Lipinski definition) is 2. The third-order valence-corrected chi connectivity index (χ3v) is 3.65. The fourth-order valence-corrected chi connectivity index (χ4v) is 1.92. The second-order valence-electron chi connectivity index (χ2n) is 5.32. The quantitative estimate of drug-likeness (QED) is 0.856. The zero-order valence-electron chi connectivity index (χ0n) is 12.5. The molecule has 3 heteroatoms. The SMILES string of the molecule is CCCCc1ccc(N(C)C(=O)C(C)C(C)N)cc1. The third kappa shape index (κ3) is 4.35. The second kappa shape index (κ2) is 7.29. The first-order valence-electron chi connectivity index (χ1n) is 7.09. The van der Waals surface area contributed by atoms with Crippen LogP contribution in [0.5, 0.6) is 0 Å². The van der Waals surface area contributed by atoms with Crippen LogP contribution in [0.2, 0.25) is 0 Å². The molecule has 0 saturated carbocycles. The van der Waals surface area contributed by atoms with E-state index < -0.39 is 0 Å². The molecule has 2 atom stereocenters. The van der Waals surface area contributed by atoms with Crippen LogP contribution in [0, 0.1) is 5.92 Å². The highest BCUT2D eigenvalue weighted by molar-refractivity contribution is 5.94. The summed E-state index contributed by atoms with van der Waals surface area (Å²) in [6.45, 7) is 5.93. The number of carbonyl (C=O) groups excluding carboxylic acids is 1. The molecule has 1 amide bonds. The first-order valence-corrected chi connectivity index (χ1v) is 7.09. The van der Waals surface area contributed by atoms with Gasteiger partial charge >= 0.3 is 0 Å². The van der Waals surface area contributed by atoms with Gasteiger partial charge in [0.2, 0.25) is 5.91 Å². The maximum Gasteiger partial charge on any atom is 0.231 e. The zero-order valence-corrected chi connectivity index (χ0v) is 12.5. The van der Waals surface area contributed by atoms with Crippen LogP contribution in [0.3, 0.4) is 0 Å². The molecule has 0 aliphatic rings. The van der Waals surface area contributed by atoms with E-state index in [1.54, 1.807) is 4.90 Å².